The normalized spacial score (nSPS) is 19.0. The van der Waals surface area contributed by atoms with Gasteiger partial charge in [0.05, 0.1) is 17.7 Å². The number of nitrogens with one attached hydrogen (secondary N) is 1. The van der Waals surface area contributed by atoms with Gasteiger partial charge in [0, 0.05) is 36.6 Å². The van der Waals surface area contributed by atoms with Crippen LogP contribution in [0.2, 0.25) is 5.02 Å². The molecule has 28 heavy (non-hydrogen) atoms. The van der Waals surface area contributed by atoms with Crippen LogP contribution < -0.4 is 10.2 Å². The van der Waals surface area contributed by atoms with Crippen molar-refractivity contribution < 1.29 is 14.3 Å². The van der Waals surface area contributed by atoms with Gasteiger partial charge in [0.2, 0.25) is 11.8 Å². The molecule has 1 N–H and O–H groups in total. The molecule has 2 aliphatic rings. The summed E-state index contributed by atoms with van der Waals surface area (Å²) in [7, 11) is 0. The highest BCUT2D eigenvalue weighted by Crippen LogP contribution is 2.33. The Morgan fingerprint density at radius 1 is 1.29 bits per heavy atom. The van der Waals surface area contributed by atoms with E-state index < -0.39 is 5.54 Å². The van der Waals surface area contributed by atoms with Crippen LogP contribution in [0.25, 0.3) is 0 Å². The highest BCUT2D eigenvalue weighted by molar-refractivity contribution is 7.14. The van der Waals surface area contributed by atoms with Crippen molar-refractivity contribution in [2.45, 2.75) is 37.6 Å². The molecule has 0 radical (unpaired) electrons. The maximum absolute atomic E-state index is 12.8. The van der Waals surface area contributed by atoms with Gasteiger partial charge in [0.25, 0.3) is 0 Å². The Labute approximate surface area is 172 Å². The zero-order valence-electron chi connectivity index (χ0n) is 15.4. The summed E-state index contributed by atoms with van der Waals surface area (Å²) in [5.74, 6) is 0.0238. The van der Waals surface area contributed by atoms with Crippen LogP contribution >= 0.6 is 22.9 Å². The number of benzene rings is 1. The van der Waals surface area contributed by atoms with Crippen LogP contribution in [0.3, 0.4) is 0 Å². The molecule has 2 aliphatic heterocycles. The van der Waals surface area contributed by atoms with Crippen LogP contribution in [0.15, 0.2) is 29.6 Å². The lowest BCUT2D eigenvalue weighted by molar-refractivity contribution is -0.124. The van der Waals surface area contributed by atoms with Crippen LogP contribution in [-0.4, -0.2) is 36.6 Å². The Balaban J connectivity index is 1.47. The molecule has 148 valence electrons. The van der Waals surface area contributed by atoms with E-state index in [9.17, 15) is 9.59 Å². The molecular weight excluding hydrogens is 398 g/mol. The van der Waals surface area contributed by atoms with Crippen molar-refractivity contribution in [3.8, 4) is 0 Å². The number of rotatable bonds is 5. The predicted octanol–water partition coefficient (Wildman–Crippen LogP) is 3.29. The molecule has 0 unspecified atom stereocenters. The fraction of sp³-hybridized carbons (Fsp3) is 0.450. The van der Waals surface area contributed by atoms with Gasteiger partial charge in [-0.05, 0) is 37.0 Å². The maximum Gasteiger partial charge on any atom is 0.228 e. The number of ether oxygens (including phenoxy) is 1. The fourth-order valence-corrected chi connectivity index (χ4v) is 4.80. The lowest BCUT2D eigenvalue weighted by atomic mass is 9.82. The number of hydrogen-bond donors (Lipinski definition) is 1. The number of aromatic nitrogens is 1. The predicted molar refractivity (Wildman–Crippen MR) is 109 cm³/mol. The smallest absolute Gasteiger partial charge is 0.228 e. The van der Waals surface area contributed by atoms with E-state index in [1.807, 2.05) is 29.6 Å². The van der Waals surface area contributed by atoms with E-state index >= 15 is 0 Å². The van der Waals surface area contributed by atoms with Gasteiger partial charge in [-0.2, -0.15) is 0 Å². The van der Waals surface area contributed by atoms with Gasteiger partial charge in [0.1, 0.15) is 0 Å². The van der Waals surface area contributed by atoms with Crippen LogP contribution in [0, 0.1) is 0 Å². The van der Waals surface area contributed by atoms with Gasteiger partial charge < -0.3 is 10.1 Å². The molecule has 0 spiro atoms. The molecule has 2 aromatic rings. The summed E-state index contributed by atoms with van der Waals surface area (Å²) in [6.45, 7) is 1.90. The van der Waals surface area contributed by atoms with Gasteiger partial charge in [0.15, 0.2) is 5.13 Å². The topological polar surface area (TPSA) is 71.5 Å². The summed E-state index contributed by atoms with van der Waals surface area (Å²) in [6.07, 6.45) is 3.05. The van der Waals surface area contributed by atoms with Crippen molar-refractivity contribution in [2.24, 2.45) is 0 Å². The number of carbonyl (C=O) groups is 2. The second kappa shape index (κ2) is 8.19. The average molecular weight is 420 g/mol. The minimum atomic E-state index is -0.455. The molecule has 6 nitrogen and oxygen atoms in total. The Kier molecular flexibility index (Phi) is 5.66. The molecule has 3 heterocycles. The maximum atomic E-state index is 12.8. The van der Waals surface area contributed by atoms with E-state index in [1.54, 1.807) is 4.90 Å². The quantitative estimate of drug-likeness (QED) is 0.807. The van der Waals surface area contributed by atoms with E-state index in [0.717, 1.165) is 12.0 Å². The van der Waals surface area contributed by atoms with Gasteiger partial charge in [-0.3, -0.25) is 14.5 Å². The number of nitrogens with zero attached hydrogens (tertiary/aromatic N) is 2. The van der Waals surface area contributed by atoms with E-state index in [0.29, 0.717) is 54.9 Å². The van der Waals surface area contributed by atoms with Crippen LogP contribution in [0.1, 0.15) is 36.9 Å². The third-order valence-electron chi connectivity index (χ3n) is 5.31. The van der Waals surface area contributed by atoms with Gasteiger partial charge >= 0.3 is 0 Å². The first-order valence-corrected chi connectivity index (χ1v) is 10.7. The number of carbonyl (C=O) groups excluding carboxylic acids is 2. The molecule has 0 atom stereocenters. The summed E-state index contributed by atoms with van der Waals surface area (Å²) in [5, 5.41) is 6.44. The zero-order valence-corrected chi connectivity index (χ0v) is 17.0. The average Bonchev–Trinajstić information content (AvgIpc) is 3.31. The van der Waals surface area contributed by atoms with Gasteiger partial charge in [-0.15, -0.1) is 11.3 Å². The second-order valence-corrected chi connectivity index (χ2v) is 8.47. The van der Waals surface area contributed by atoms with Gasteiger partial charge in [-0.1, -0.05) is 23.7 Å². The molecule has 4 rings (SSSR count). The Morgan fingerprint density at radius 2 is 2.04 bits per heavy atom. The van der Waals surface area contributed by atoms with E-state index in [1.165, 1.54) is 11.3 Å². The standard InChI is InChI=1S/C20H22ClN3O3S/c21-15-5-3-14(4-6-15)20(7-10-27-11-8-20)23-17(25)12-16-13-28-19(22-16)24-9-1-2-18(24)26/h3-6,13H,1-2,7-12H2,(H,23,25). The lowest BCUT2D eigenvalue weighted by Crippen LogP contribution is -2.50. The molecule has 2 saturated heterocycles. The molecule has 0 saturated carbocycles. The van der Waals surface area contributed by atoms with Crippen molar-refractivity contribution in [3.05, 3.63) is 45.9 Å². The third kappa shape index (κ3) is 4.06. The molecule has 8 heteroatoms. The van der Waals surface area contributed by atoms with Gasteiger partial charge in [-0.25, -0.2) is 4.98 Å². The summed E-state index contributed by atoms with van der Waals surface area (Å²) in [6, 6.07) is 7.63. The largest absolute Gasteiger partial charge is 0.381 e. The fourth-order valence-electron chi connectivity index (χ4n) is 3.80. The second-order valence-electron chi connectivity index (χ2n) is 7.20. The Morgan fingerprint density at radius 3 is 2.71 bits per heavy atom. The number of hydrogen-bond acceptors (Lipinski definition) is 5. The van der Waals surface area contributed by atoms with E-state index in [4.69, 9.17) is 16.3 Å². The first-order valence-electron chi connectivity index (χ1n) is 9.45. The molecule has 2 fully saturated rings. The lowest BCUT2D eigenvalue weighted by Gasteiger charge is -2.38. The Bertz CT molecular complexity index is 862. The first kappa shape index (κ1) is 19.4. The van der Waals surface area contributed by atoms with Crippen molar-refractivity contribution in [1.29, 1.82) is 0 Å². The monoisotopic (exact) mass is 419 g/mol. The molecular formula is C20H22ClN3O3S. The summed E-state index contributed by atoms with van der Waals surface area (Å²) < 4.78 is 5.51. The van der Waals surface area contributed by atoms with E-state index in [2.05, 4.69) is 10.3 Å². The first-order chi connectivity index (χ1) is 13.6. The van der Waals surface area contributed by atoms with Crippen molar-refractivity contribution in [2.75, 3.05) is 24.7 Å². The summed E-state index contributed by atoms with van der Waals surface area (Å²) in [4.78, 5) is 30.9. The molecule has 1 aromatic heterocycles. The van der Waals surface area contributed by atoms with Crippen molar-refractivity contribution >= 4 is 39.9 Å². The summed E-state index contributed by atoms with van der Waals surface area (Å²) >= 11 is 7.44. The van der Waals surface area contributed by atoms with E-state index in [-0.39, 0.29) is 18.2 Å². The minimum absolute atomic E-state index is 0.0820. The highest BCUT2D eigenvalue weighted by atomic mass is 35.5. The Hall–Kier alpha value is -1.96. The highest BCUT2D eigenvalue weighted by Gasteiger charge is 2.36. The van der Waals surface area contributed by atoms with Crippen molar-refractivity contribution in [3.63, 3.8) is 0 Å². The van der Waals surface area contributed by atoms with Crippen LogP contribution in [0.4, 0.5) is 5.13 Å². The molecule has 2 amide bonds. The SMILES string of the molecule is O=C(Cc1csc(N2CCCC2=O)n1)NC1(c2ccc(Cl)cc2)CCOCC1. The van der Waals surface area contributed by atoms with Crippen LogP contribution in [0.5, 0.6) is 0 Å². The zero-order chi connectivity index (χ0) is 19.6. The van der Waals surface area contributed by atoms with Crippen LogP contribution in [-0.2, 0) is 26.3 Å². The number of halogens is 1. The van der Waals surface area contributed by atoms with Crippen molar-refractivity contribution in [1.82, 2.24) is 10.3 Å². The summed E-state index contributed by atoms with van der Waals surface area (Å²) in [5.41, 5.74) is 1.27. The number of anilines is 1. The molecule has 0 bridgehead atoms. The number of amides is 2. The third-order valence-corrected chi connectivity index (χ3v) is 6.47. The number of thiazole rings is 1. The minimum Gasteiger partial charge on any atom is -0.381 e. The molecule has 0 aliphatic carbocycles. The molecule has 1 aromatic carbocycles.